The Hall–Kier alpha value is -1.74. The lowest BCUT2D eigenvalue weighted by Gasteiger charge is -2.20. The van der Waals surface area contributed by atoms with Crippen LogP contribution in [0.1, 0.15) is 44.9 Å². The van der Waals surface area contributed by atoms with Crippen LogP contribution < -0.4 is 5.32 Å². The van der Waals surface area contributed by atoms with Crippen molar-refractivity contribution < 1.29 is 4.79 Å². The van der Waals surface area contributed by atoms with Gasteiger partial charge in [0.1, 0.15) is 0 Å². The molecule has 1 amide bonds. The lowest BCUT2D eigenvalue weighted by molar-refractivity contribution is -0.119. The monoisotopic (exact) mass is 327 g/mol. The molecule has 0 aliphatic rings. The molecule has 0 saturated heterocycles. The number of hydrogen-bond acceptors (Lipinski definition) is 2. The number of thioether (sulfide) groups is 1. The van der Waals surface area contributed by atoms with Gasteiger partial charge in [0.2, 0.25) is 5.91 Å². The molecule has 3 heteroatoms. The molecule has 0 aliphatic heterocycles. The van der Waals surface area contributed by atoms with Gasteiger partial charge >= 0.3 is 0 Å². The molecule has 2 rings (SSSR count). The number of nitrogens with one attached hydrogen (secondary N) is 1. The van der Waals surface area contributed by atoms with E-state index in [0.717, 1.165) is 10.5 Å². The largest absolute Gasteiger partial charge is 0.349 e. The van der Waals surface area contributed by atoms with Crippen molar-refractivity contribution >= 4 is 17.7 Å². The molecule has 1 atom stereocenters. The summed E-state index contributed by atoms with van der Waals surface area (Å²) in [4.78, 5) is 13.2. The molecule has 23 heavy (non-hydrogen) atoms. The summed E-state index contributed by atoms with van der Waals surface area (Å²) in [6.07, 6.45) is 0. The van der Waals surface area contributed by atoms with E-state index in [0.29, 0.717) is 5.75 Å². The first kappa shape index (κ1) is 17.6. The molecule has 2 nitrogen and oxygen atoms in total. The molecule has 122 valence electrons. The Morgan fingerprint density at radius 2 is 1.65 bits per heavy atom. The van der Waals surface area contributed by atoms with E-state index in [4.69, 9.17) is 0 Å². The van der Waals surface area contributed by atoms with Gasteiger partial charge < -0.3 is 5.32 Å². The second-order valence-electron chi connectivity index (χ2n) is 6.76. The second kappa shape index (κ2) is 7.69. The quantitative estimate of drug-likeness (QED) is 0.787. The Kier molecular flexibility index (Phi) is 5.89. The van der Waals surface area contributed by atoms with Gasteiger partial charge in [-0.2, -0.15) is 0 Å². The number of rotatable bonds is 5. The van der Waals surface area contributed by atoms with Gasteiger partial charge in [-0.05, 0) is 35.6 Å². The summed E-state index contributed by atoms with van der Waals surface area (Å²) in [5.41, 5.74) is 2.59. The van der Waals surface area contributed by atoms with E-state index in [-0.39, 0.29) is 17.4 Å². The van der Waals surface area contributed by atoms with E-state index in [1.807, 2.05) is 37.3 Å². The molecule has 0 heterocycles. The Morgan fingerprint density at radius 3 is 2.22 bits per heavy atom. The fraction of sp³-hybridized carbons (Fsp3) is 0.350. The van der Waals surface area contributed by atoms with Gasteiger partial charge in [0, 0.05) is 4.90 Å². The first-order valence-electron chi connectivity index (χ1n) is 7.94. The predicted molar refractivity (Wildman–Crippen MR) is 98.9 cm³/mol. The molecule has 0 fully saturated rings. The molecule has 0 aromatic heterocycles. The van der Waals surface area contributed by atoms with Crippen molar-refractivity contribution in [3.05, 3.63) is 65.7 Å². The second-order valence-corrected chi connectivity index (χ2v) is 7.81. The maximum Gasteiger partial charge on any atom is 0.230 e. The van der Waals surface area contributed by atoms with Crippen LogP contribution in [-0.4, -0.2) is 11.7 Å². The van der Waals surface area contributed by atoms with Crippen molar-refractivity contribution in [2.24, 2.45) is 0 Å². The van der Waals surface area contributed by atoms with Crippen LogP contribution in [-0.2, 0) is 10.2 Å². The van der Waals surface area contributed by atoms with Gasteiger partial charge in [-0.25, -0.2) is 0 Å². The molecule has 0 saturated carbocycles. The van der Waals surface area contributed by atoms with Gasteiger partial charge in [-0.15, -0.1) is 11.8 Å². The van der Waals surface area contributed by atoms with Crippen molar-refractivity contribution in [1.82, 2.24) is 5.32 Å². The van der Waals surface area contributed by atoms with E-state index in [9.17, 15) is 4.79 Å². The van der Waals surface area contributed by atoms with Gasteiger partial charge in [-0.3, -0.25) is 4.79 Å². The van der Waals surface area contributed by atoms with Gasteiger partial charge in [-0.1, -0.05) is 63.2 Å². The number of carbonyl (C=O) groups is 1. The third-order valence-corrected chi connectivity index (χ3v) is 4.78. The van der Waals surface area contributed by atoms with Crippen LogP contribution in [0.2, 0.25) is 0 Å². The van der Waals surface area contributed by atoms with Crippen LogP contribution in [0.25, 0.3) is 0 Å². The smallest absolute Gasteiger partial charge is 0.230 e. The molecule has 0 spiro atoms. The molecule has 1 N–H and O–H groups in total. The highest BCUT2D eigenvalue weighted by molar-refractivity contribution is 8.00. The maximum atomic E-state index is 12.1. The molecule has 0 aliphatic carbocycles. The molecule has 2 aromatic rings. The van der Waals surface area contributed by atoms with Crippen molar-refractivity contribution in [2.45, 2.75) is 44.0 Å². The van der Waals surface area contributed by atoms with E-state index >= 15 is 0 Å². The van der Waals surface area contributed by atoms with E-state index in [2.05, 4.69) is 50.4 Å². The Labute approximate surface area is 143 Å². The first-order valence-corrected chi connectivity index (χ1v) is 8.92. The van der Waals surface area contributed by atoms with Gasteiger partial charge in [0.15, 0.2) is 0 Å². The van der Waals surface area contributed by atoms with Crippen LogP contribution >= 0.6 is 11.8 Å². The maximum absolute atomic E-state index is 12.1. The van der Waals surface area contributed by atoms with Crippen molar-refractivity contribution in [3.63, 3.8) is 0 Å². The lowest BCUT2D eigenvalue weighted by Crippen LogP contribution is -2.28. The summed E-state index contributed by atoms with van der Waals surface area (Å²) in [6, 6.07) is 18.5. The third-order valence-electron chi connectivity index (χ3n) is 3.77. The average Bonchev–Trinajstić information content (AvgIpc) is 2.53. The molecular weight excluding hydrogens is 302 g/mol. The fourth-order valence-corrected chi connectivity index (χ4v) is 3.03. The zero-order valence-corrected chi connectivity index (χ0v) is 15.1. The summed E-state index contributed by atoms with van der Waals surface area (Å²) in [5.74, 6) is 0.500. The summed E-state index contributed by atoms with van der Waals surface area (Å²) < 4.78 is 0. The minimum atomic E-state index is 0.0212. The van der Waals surface area contributed by atoms with Crippen LogP contribution in [0.15, 0.2) is 59.5 Å². The minimum absolute atomic E-state index is 0.0212. The number of amides is 1. The van der Waals surface area contributed by atoms with Crippen LogP contribution in [0.4, 0.5) is 0 Å². The summed E-state index contributed by atoms with van der Waals surface area (Å²) >= 11 is 1.56. The highest BCUT2D eigenvalue weighted by atomic mass is 32.2. The number of carbonyl (C=O) groups excluding carboxylic acids is 1. The number of benzene rings is 2. The highest BCUT2D eigenvalue weighted by Gasteiger charge is 2.15. The van der Waals surface area contributed by atoms with E-state index in [1.165, 1.54) is 5.56 Å². The topological polar surface area (TPSA) is 29.1 Å². The number of hydrogen-bond donors (Lipinski definition) is 1. The highest BCUT2D eigenvalue weighted by Crippen LogP contribution is 2.24. The van der Waals surface area contributed by atoms with Crippen molar-refractivity contribution in [1.29, 1.82) is 0 Å². The Bertz CT molecular complexity index is 629. The minimum Gasteiger partial charge on any atom is -0.349 e. The summed E-state index contributed by atoms with van der Waals surface area (Å²) in [7, 11) is 0. The molecule has 0 unspecified atom stereocenters. The van der Waals surface area contributed by atoms with Crippen LogP contribution in [0, 0.1) is 0 Å². The van der Waals surface area contributed by atoms with Crippen LogP contribution in [0.3, 0.4) is 0 Å². The molecule has 2 aromatic carbocycles. The zero-order chi connectivity index (χ0) is 16.9. The van der Waals surface area contributed by atoms with Crippen molar-refractivity contribution in [2.75, 3.05) is 5.75 Å². The Balaban J connectivity index is 1.88. The van der Waals surface area contributed by atoms with Gasteiger partial charge in [0.05, 0.1) is 11.8 Å². The normalized spacial score (nSPS) is 12.7. The van der Waals surface area contributed by atoms with E-state index in [1.54, 1.807) is 11.8 Å². The molecule has 0 radical (unpaired) electrons. The predicted octanol–water partition coefficient (Wildman–Crippen LogP) is 4.95. The van der Waals surface area contributed by atoms with Crippen molar-refractivity contribution in [3.8, 4) is 0 Å². The summed E-state index contributed by atoms with van der Waals surface area (Å²) in [5, 5.41) is 3.06. The molecule has 0 bridgehead atoms. The SMILES string of the molecule is C[C@H](NC(=O)CSc1ccccc1)c1ccc(C(C)(C)C)cc1. The van der Waals surface area contributed by atoms with Crippen LogP contribution in [0.5, 0.6) is 0 Å². The third kappa shape index (κ3) is 5.43. The molecular formula is C20H25NOS. The Morgan fingerprint density at radius 1 is 1.04 bits per heavy atom. The summed E-state index contributed by atoms with van der Waals surface area (Å²) in [6.45, 7) is 8.63. The first-order chi connectivity index (χ1) is 10.9. The standard InChI is InChI=1S/C20H25NOS/c1-15(16-10-12-17(13-11-16)20(2,3)4)21-19(22)14-23-18-8-6-5-7-9-18/h5-13,15H,14H2,1-4H3,(H,21,22)/t15-/m0/s1. The van der Waals surface area contributed by atoms with E-state index < -0.39 is 0 Å². The fourth-order valence-electron chi connectivity index (χ4n) is 2.30. The zero-order valence-electron chi connectivity index (χ0n) is 14.3. The van der Waals surface area contributed by atoms with Gasteiger partial charge in [0.25, 0.3) is 0 Å². The average molecular weight is 327 g/mol. The lowest BCUT2D eigenvalue weighted by atomic mass is 9.86.